The number of carbonyl (C=O) groups is 1. The summed E-state index contributed by atoms with van der Waals surface area (Å²) in [4.78, 5) is 16.8. The number of methoxy groups -OCH3 is 1. The largest absolute Gasteiger partial charge is 0.495 e. The number of hydrogen-bond donors (Lipinski definition) is 2. The Morgan fingerprint density at radius 2 is 1.97 bits per heavy atom. The predicted molar refractivity (Wildman–Crippen MR) is 114 cm³/mol. The average Bonchev–Trinajstić information content (AvgIpc) is 3.36. The number of benzene rings is 2. The minimum Gasteiger partial charge on any atom is -0.495 e. The van der Waals surface area contributed by atoms with E-state index >= 15 is 0 Å². The quantitative estimate of drug-likeness (QED) is 0.432. The molecule has 0 unspecified atom stereocenters. The van der Waals surface area contributed by atoms with Gasteiger partial charge in [0.15, 0.2) is 22.2 Å². The van der Waals surface area contributed by atoms with Crippen LogP contribution in [0.2, 0.25) is 0 Å². The molecule has 4 aromatic rings. The molecule has 0 aliphatic carbocycles. The third-order valence-electron chi connectivity index (χ3n) is 4.14. The maximum Gasteiger partial charge on any atom is 0.325 e. The number of fused-ring (bicyclic) bond motifs is 1. The fraction of sp³-hybridized carbons (Fsp3) is 0.143. The minimum absolute atomic E-state index is 0.404. The number of nitrogens with zero attached hydrogens (tertiary/aromatic N) is 1. The van der Waals surface area contributed by atoms with Gasteiger partial charge in [-0.15, -0.1) is 11.3 Å². The molecule has 0 bridgehead atoms. The van der Waals surface area contributed by atoms with Gasteiger partial charge >= 0.3 is 6.03 Å². The minimum atomic E-state index is -0.404. The van der Waals surface area contributed by atoms with Crippen LogP contribution in [-0.4, -0.2) is 24.7 Å². The number of furan rings is 1. The summed E-state index contributed by atoms with van der Waals surface area (Å²) in [6.07, 6.45) is 0. The maximum absolute atomic E-state index is 12.3. The van der Waals surface area contributed by atoms with Crippen molar-refractivity contribution in [3.05, 3.63) is 53.9 Å². The summed E-state index contributed by atoms with van der Waals surface area (Å²) in [7, 11) is 1.55. The number of hydrogen-bond acceptors (Lipinski definition) is 6. The van der Waals surface area contributed by atoms with Gasteiger partial charge in [-0.3, -0.25) is 5.32 Å². The van der Waals surface area contributed by atoms with Crippen LogP contribution in [0.5, 0.6) is 11.5 Å². The highest BCUT2D eigenvalue weighted by atomic mass is 32.1. The van der Waals surface area contributed by atoms with Crippen molar-refractivity contribution in [1.29, 1.82) is 0 Å². The van der Waals surface area contributed by atoms with Gasteiger partial charge in [0.1, 0.15) is 11.4 Å². The highest BCUT2D eigenvalue weighted by Gasteiger charge is 2.15. The fourth-order valence-electron chi connectivity index (χ4n) is 2.87. The number of para-hydroxylation sites is 3. The predicted octanol–water partition coefficient (Wildman–Crippen LogP) is 5.61. The molecule has 0 aliphatic rings. The second-order valence-electron chi connectivity index (χ2n) is 6.04. The molecule has 0 radical (unpaired) electrons. The summed E-state index contributed by atoms with van der Waals surface area (Å²) in [6, 6.07) is 14.4. The van der Waals surface area contributed by atoms with Gasteiger partial charge < -0.3 is 19.2 Å². The van der Waals surface area contributed by atoms with E-state index in [1.807, 2.05) is 48.7 Å². The number of anilines is 2. The van der Waals surface area contributed by atoms with Gasteiger partial charge in [-0.05, 0) is 31.2 Å². The van der Waals surface area contributed by atoms with E-state index in [1.165, 1.54) is 11.3 Å². The SMILES string of the molecule is CCOc1cccc2cc(-c3csc(NC(=O)Nc4ccccc4OC)n3)oc12. The third kappa shape index (κ3) is 4.02. The molecule has 7 nitrogen and oxygen atoms in total. The van der Waals surface area contributed by atoms with E-state index in [1.54, 1.807) is 19.2 Å². The van der Waals surface area contributed by atoms with E-state index in [0.717, 1.165) is 5.39 Å². The number of nitrogens with one attached hydrogen (secondary N) is 2. The van der Waals surface area contributed by atoms with Gasteiger partial charge in [0.05, 0.1) is 19.4 Å². The highest BCUT2D eigenvalue weighted by Crippen LogP contribution is 2.34. The molecule has 0 saturated carbocycles. The number of carbonyl (C=O) groups excluding carboxylic acids is 1. The smallest absolute Gasteiger partial charge is 0.325 e. The van der Waals surface area contributed by atoms with Crippen LogP contribution in [-0.2, 0) is 0 Å². The molecule has 0 spiro atoms. The standard InChI is InChI=1S/C21H19N3O4S/c1-3-27-17-10-6-7-13-11-18(28-19(13)17)15-12-29-21(23-15)24-20(25)22-14-8-4-5-9-16(14)26-2/h4-12H,3H2,1-2H3,(H2,22,23,24,25). The van der Waals surface area contributed by atoms with Gasteiger partial charge in [0, 0.05) is 10.8 Å². The lowest BCUT2D eigenvalue weighted by atomic mass is 10.2. The van der Waals surface area contributed by atoms with Crippen LogP contribution in [0.4, 0.5) is 15.6 Å². The Hall–Kier alpha value is -3.52. The Bertz CT molecular complexity index is 1150. The first-order valence-corrected chi connectivity index (χ1v) is 9.88. The van der Waals surface area contributed by atoms with Crippen LogP contribution in [0.3, 0.4) is 0 Å². The van der Waals surface area contributed by atoms with Gasteiger partial charge in [0.25, 0.3) is 0 Å². The number of amides is 2. The van der Waals surface area contributed by atoms with Crippen LogP contribution in [0.15, 0.2) is 58.3 Å². The molecular weight excluding hydrogens is 390 g/mol. The molecule has 0 saturated heterocycles. The van der Waals surface area contributed by atoms with Crippen LogP contribution in [0.1, 0.15) is 6.92 Å². The molecule has 2 aromatic carbocycles. The Balaban J connectivity index is 1.50. The summed E-state index contributed by atoms with van der Waals surface area (Å²) < 4.78 is 16.8. The zero-order chi connectivity index (χ0) is 20.2. The highest BCUT2D eigenvalue weighted by molar-refractivity contribution is 7.14. The summed E-state index contributed by atoms with van der Waals surface area (Å²) in [5.41, 5.74) is 1.90. The summed E-state index contributed by atoms with van der Waals surface area (Å²) in [5, 5.41) is 8.71. The van der Waals surface area contributed by atoms with E-state index in [4.69, 9.17) is 13.9 Å². The molecule has 2 N–H and O–H groups in total. The van der Waals surface area contributed by atoms with Crippen LogP contribution in [0.25, 0.3) is 22.4 Å². The molecule has 29 heavy (non-hydrogen) atoms. The Labute approximate surface area is 171 Å². The average molecular weight is 409 g/mol. The van der Waals surface area contributed by atoms with Crippen LogP contribution >= 0.6 is 11.3 Å². The molecule has 2 amide bonds. The topological polar surface area (TPSA) is 85.6 Å². The molecule has 0 atom stereocenters. The van der Waals surface area contributed by atoms with Crippen LogP contribution < -0.4 is 20.1 Å². The summed E-state index contributed by atoms with van der Waals surface area (Å²) in [5.74, 6) is 1.89. The van der Waals surface area contributed by atoms with E-state index in [9.17, 15) is 4.79 Å². The third-order valence-corrected chi connectivity index (χ3v) is 4.90. The Morgan fingerprint density at radius 1 is 1.14 bits per heavy atom. The normalized spacial score (nSPS) is 10.7. The molecule has 4 rings (SSSR count). The van der Waals surface area contributed by atoms with Crippen molar-refractivity contribution in [2.45, 2.75) is 6.92 Å². The van der Waals surface area contributed by atoms with E-state index in [-0.39, 0.29) is 0 Å². The number of aromatic nitrogens is 1. The molecule has 2 heterocycles. The van der Waals surface area contributed by atoms with Crippen molar-refractivity contribution < 1.29 is 18.7 Å². The van der Waals surface area contributed by atoms with Crippen LogP contribution in [0, 0.1) is 0 Å². The molecule has 0 aliphatic heterocycles. The number of thiazole rings is 1. The summed E-state index contributed by atoms with van der Waals surface area (Å²) >= 11 is 1.31. The lowest BCUT2D eigenvalue weighted by Crippen LogP contribution is -2.19. The number of ether oxygens (including phenoxy) is 2. The number of rotatable bonds is 6. The van der Waals surface area contributed by atoms with Crippen molar-refractivity contribution in [3.8, 4) is 23.0 Å². The maximum atomic E-state index is 12.3. The van der Waals surface area contributed by atoms with E-state index in [0.29, 0.717) is 46.0 Å². The molecule has 0 fully saturated rings. The molecule has 8 heteroatoms. The molecule has 2 aromatic heterocycles. The van der Waals surface area contributed by atoms with Gasteiger partial charge in [-0.1, -0.05) is 24.3 Å². The van der Waals surface area contributed by atoms with Gasteiger partial charge in [-0.2, -0.15) is 0 Å². The van der Waals surface area contributed by atoms with Crippen molar-refractivity contribution in [2.24, 2.45) is 0 Å². The number of urea groups is 1. The summed E-state index contributed by atoms with van der Waals surface area (Å²) in [6.45, 7) is 2.48. The second-order valence-corrected chi connectivity index (χ2v) is 6.89. The first-order chi connectivity index (χ1) is 14.2. The van der Waals surface area contributed by atoms with Crippen molar-refractivity contribution in [2.75, 3.05) is 24.4 Å². The zero-order valence-electron chi connectivity index (χ0n) is 15.9. The lowest BCUT2D eigenvalue weighted by molar-refractivity contribution is 0.262. The first kappa shape index (κ1) is 18.8. The molecular formula is C21H19N3O4S. The Morgan fingerprint density at radius 3 is 2.79 bits per heavy atom. The first-order valence-electron chi connectivity index (χ1n) is 9.00. The fourth-order valence-corrected chi connectivity index (χ4v) is 3.57. The van der Waals surface area contributed by atoms with E-state index < -0.39 is 6.03 Å². The van der Waals surface area contributed by atoms with E-state index in [2.05, 4.69) is 15.6 Å². The van der Waals surface area contributed by atoms with Crippen molar-refractivity contribution in [3.63, 3.8) is 0 Å². The zero-order valence-corrected chi connectivity index (χ0v) is 16.7. The van der Waals surface area contributed by atoms with Gasteiger partial charge in [-0.25, -0.2) is 9.78 Å². The van der Waals surface area contributed by atoms with Crippen molar-refractivity contribution >= 4 is 39.2 Å². The monoisotopic (exact) mass is 409 g/mol. The Kier molecular flexibility index (Phi) is 5.35. The lowest BCUT2D eigenvalue weighted by Gasteiger charge is -2.09. The van der Waals surface area contributed by atoms with Crippen molar-refractivity contribution in [1.82, 2.24) is 4.98 Å². The second kappa shape index (κ2) is 8.24. The van der Waals surface area contributed by atoms with Gasteiger partial charge in [0.2, 0.25) is 0 Å². The molecule has 148 valence electrons.